The van der Waals surface area contributed by atoms with E-state index < -0.39 is 11.5 Å². The molecule has 5 heteroatoms. The summed E-state index contributed by atoms with van der Waals surface area (Å²) < 4.78 is 5.49. The van der Waals surface area contributed by atoms with Crippen molar-refractivity contribution in [3.8, 4) is 0 Å². The van der Waals surface area contributed by atoms with Gasteiger partial charge in [-0.15, -0.1) is 0 Å². The van der Waals surface area contributed by atoms with Gasteiger partial charge in [-0.1, -0.05) is 0 Å². The van der Waals surface area contributed by atoms with Crippen LogP contribution in [0.3, 0.4) is 0 Å². The Morgan fingerprint density at radius 2 is 1.70 bits per heavy atom. The lowest BCUT2D eigenvalue weighted by molar-refractivity contribution is -0.137. The van der Waals surface area contributed by atoms with Crippen LogP contribution in [-0.2, 0) is 4.79 Å². The first-order valence-corrected chi connectivity index (χ1v) is 6.66. The predicted octanol–water partition coefficient (Wildman–Crippen LogP) is 2.92. The van der Waals surface area contributed by atoms with Gasteiger partial charge < -0.3 is 14.4 Å². The summed E-state index contributed by atoms with van der Waals surface area (Å²) in [7, 11) is 0. The molecule has 5 nitrogen and oxygen atoms in total. The molecule has 0 saturated heterocycles. The minimum atomic E-state index is -0.913. The zero-order chi connectivity index (χ0) is 15.7. The molecule has 0 atom stereocenters. The highest BCUT2D eigenvalue weighted by Gasteiger charge is 2.31. The highest BCUT2D eigenvalue weighted by Crippen LogP contribution is 2.25. The summed E-state index contributed by atoms with van der Waals surface area (Å²) in [4.78, 5) is 25.1. The number of carbonyl (C=O) groups excluding carboxylic acids is 1. The van der Waals surface area contributed by atoms with Crippen LogP contribution >= 0.6 is 0 Å². The van der Waals surface area contributed by atoms with E-state index in [4.69, 9.17) is 9.52 Å². The molecule has 0 fully saturated rings. The maximum Gasteiger partial charge on any atom is 0.305 e. The van der Waals surface area contributed by atoms with Crippen LogP contribution in [-0.4, -0.2) is 34.0 Å². The normalized spacial score (nSPS) is 11.5. The lowest BCUT2D eigenvalue weighted by Gasteiger charge is -2.35. The number of nitrogens with zero attached hydrogens (tertiary/aromatic N) is 1. The highest BCUT2D eigenvalue weighted by molar-refractivity contribution is 5.97. The Morgan fingerprint density at radius 3 is 2.05 bits per heavy atom. The van der Waals surface area contributed by atoms with Crippen LogP contribution in [0.1, 0.15) is 54.6 Å². The minimum absolute atomic E-state index is 0.0715. The van der Waals surface area contributed by atoms with E-state index in [0.717, 1.165) is 11.3 Å². The number of amides is 1. The van der Waals surface area contributed by atoms with Crippen LogP contribution in [0.15, 0.2) is 4.42 Å². The zero-order valence-corrected chi connectivity index (χ0v) is 13.0. The molecular formula is C15H23NO4. The largest absolute Gasteiger partial charge is 0.481 e. The average molecular weight is 281 g/mol. The van der Waals surface area contributed by atoms with Gasteiger partial charge in [0.25, 0.3) is 5.91 Å². The van der Waals surface area contributed by atoms with Crippen molar-refractivity contribution in [2.24, 2.45) is 0 Å². The summed E-state index contributed by atoms with van der Waals surface area (Å²) >= 11 is 0. The Hall–Kier alpha value is -1.78. The Balaban J connectivity index is 3.14. The molecule has 0 radical (unpaired) electrons. The van der Waals surface area contributed by atoms with E-state index in [1.54, 1.807) is 11.8 Å². The van der Waals surface area contributed by atoms with Gasteiger partial charge in [0.15, 0.2) is 0 Å². The Labute approximate surface area is 119 Å². The quantitative estimate of drug-likeness (QED) is 0.921. The number of carbonyl (C=O) groups is 2. The van der Waals surface area contributed by atoms with E-state index in [9.17, 15) is 9.59 Å². The van der Waals surface area contributed by atoms with Crippen molar-refractivity contribution in [2.75, 3.05) is 6.54 Å². The summed E-state index contributed by atoms with van der Waals surface area (Å²) in [5, 5.41) is 8.84. The first-order chi connectivity index (χ1) is 9.05. The Kier molecular flexibility index (Phi) is 4.63. The molecule has 1 aromatic rings. The second-order valence-corrected chi connectivity index (χ2v) is 5.99. The third-order valence-corrected chi connectivity index (χ3v) is 3.38. The van der Waals surface area contributed by atoms with Gasteiger partial charge >= 0.3 is 5.97 Å². The van der Waals surface area contributed by atoms with Crippen molar-refractivity contribution in [1.29, 1.82) is 0 Å². The number of aryl methyl sites for hydroxylation is 2. The smallest absolute Gasteiger partial charge is 0.305 e. The SMILES string of the molecule is Cc1oc(C)c(C(=O)N(CCC(=O)O)C(C)(C)C)c1C. The molecule has 1 N–H and O–H groups in total. The fourth-order valence-electron chi connectivity index (χ4n) is 2.19. The van der Waals surface area contributed by atoms with E-state index in [1.807, 2.05) is 34.6 Å². The predicted molar refractivity (Wildman–Crippen MR) is 76.0 cm³/mol. The molecule has 112 valence electrons. The lowest BCUT2D eigenvalue weighted by Crippen LogP contribution is -2.46. The van der Waals surface area contributed by atoms with Gasteiger partial charge in [0.05, 0.1) is 12.0 Å². The number of hydrogen-bond acceptors (Lipinski definition) is 3. The molecule has 0 aliphatic carbocycles. The Bertz CT molecular complexity index is 523. The first-order valence-electron chi connectivity index (χ1n) is 6.66. The van der Waals surface area contributed by atoms with Crippen LogP contribution in [0.25, 0.3) is 0 Å². The van der Waals surface area contributed by atoms with Crippen molar-refractivity contribution >= 4 is 11.9 Å². The number of furan rings is 1. The van der Waals surface area contributed by atoms with E-state index in [2.05, 4.69) is 0 Å². The standard InChI is InChI=1S/C15H23NO4/c1-9-10(2)20-11(3)13(9)14(19)16(15(4,5)6)8-7-12(17)18/h7-8H2,1-6H3,(H,17,18). The molecule has 1 aromatic heterocycles. The van der Waals surface area contributed by atoms with Crippen LogP contribution in [0.5, 0.6) is 0 Å². The van der Waals surface area contributed by atoms with Crippen molar-refractivity contribution in [2.45, 2.75) is 53.5 Å². The second kappa shape index (κ2) is 5.69. The summed E-state index contributed by atoms with van der Waals surface area (Å²) in [5.74, 6) is 0.210. The van der Waals surface area contributed by atoms with Gasteiger partial charge in [0.1, 0.15) is 11.5 Å². The topological polar surface area (TPSA) is 70.8 Å². The molecule has 1 amide bonds. The molecule has 0 aromatic carbocycles. The fourth-order valence-corrected chi connectivity index (χ4v) is 2.19. The first kappa shape index (κ1) is 16.3. The van der Waals surface area contributed by atoms with Gasteiger partial charge in [0, 0.05) is 17.6 Å². The number of carboxylic acid groups (broad SMARTS) is 1. The number of carboxylic acids is 1. The van der Waals surface area contributed by atoms with E-state index in [1.165, 1.54) is 0 Å². The van der Waals surface area contributed by atoms with E-state index in [0.29, 0.717) is 11.3 Å². The zero-order valence-electron chi connectivity index (χ0n) is 13.0. The van der Waals surface area contributed by atoms with Crippen LogP contribution < -0.4 is 0 Å². The maximum absolute atomic E-state index is 12.7. The average Bonchev–Trinajstić information content (AvgIpc) is 2.50. The maximum atomic E-state index is 12.7. The molecule has 0 saturated carbocycles. The van der Waals surface area contributed by atoms with Crippen LogP contribution in [0, 0.1) is 20.8 Å². The molecule has 1 heterocycles. The van der Waals surface area contributed by atoms with E-state index in [-0.39, 0.29) is 18.9 Å². The fraction of sp³-hybridized carbons (Fsp3) is 0.600. The van der Waals surface area contributed by atoms with E-state index >= 15 is 0 Å². The lowest BCUT2D eigenvalue weighted by atomic mass is 10.0. The molecule has 20 heavy (non-hydrogen) atoms. The third-order valence-electron chi connectivity index (χ3n) is 3.38. The molecule has 0 unspecified atom stereocenters. The minimum Gasteiger partial charge on any atom is -0.481 e. The third kappa shape index (κ3) is 3.40. The number of rotatable bonds is 4. The number of hydrogen-bond donors (Lipinski definition) is 1. The molecule has 1 rings (SSSR count). The van der Waals surface area contributed by atoms with Crippen molar-refractivity contribution in [1.82, 2.24) is 4.90 Å². The van der Waals surface area contributed by atoms with Gasteiger partial charge in [0.2, 0.25) is 0 Å². The molecule has 0 bridgehead atoms. The summed E-state index contributed by atoms with van der Waals surface area (Å²) in [6.07, 6.45) is -0.0715. The van der Waals surface area contributed by atoms with Crippen molar-refractivity contribution < 1.29 is 19.1 Å². The van der Waals surface area contributed by atoms with Crippen LogP contribution in [0.2, 0.25) is 0 Å². The Morgan fingerprint density at radius 1 is 1.15 bits per heavy atom. The molecule has 0 aliphatic rings. The summed E-state index contributed by atoms with van der Waals surface area (Å²) in [5.41, 5.74) is 0.913. The summed E-state index contributed by atoms with van der Waals surface area (Å²) in [6.45, 7) is 11.3. The molecular weight excluding hydrogens is 258 g/mol. The number of aliphatic carboxylic acids is 1. The van der Waals surface area contributed by atoms with Crippen LogP contribution in [0.4, 0.5) is 0 Å². The summed E-state index contributed by atoms with van der Waals surface area (Å²) in [6, 6.07) is 0. The van der Waals surface area contributed by atoms with Gasteiger partial charge in [-0.3, -0.25) is 9.59 Å². The van der Waals surface area contributed by atoms with Crippen molar-refractivity contribution in [3.63, 3.8) is 0 Å². The second-order valence-electron chi connectivity index (χ2n) is 5.99. The van der Waals surface area contributed by atoms with Gasteiger partial charge in [-0.25, -0.2) is 0 Å². The van der Waals surface area contributed by atoms with Crippen molar-refractivity contribution in [3.05, 3.63) is 22.6 Å². The van der Waals surface area contributed by atoms with Gasteiger partial charge in [-0.2, -0.15) is 0 Å². The molecule has 0 aliphatic heterocycles. The molecule has 0 spiro atoms. The monoisotopic (exact) mass is 281 g/mol. The highest BCUT2D eigenvalue weighted by atomic mass is 16.4. The van der Waals surface area contributed by atoms with Gasteiger partial charge in [-0.05, 0) is 41.5 Å².